The van der Waals surface area contributed by atoms with Gasteiger partial charge >= 0.3 is 0 Å². The molecule has 0 aromatic heterocycles. The van der Waals surface area contributed by atoms with Crippen LogP contribution in [0.15, 0.2) is 18.2 Å². The van der Waals surface area contributed by atoms with Gasteiger partial charge in [0.1, 0.15) is 5.82 Å². The molecule has 0 aliphatic rings. The number of carbonyl (C=O) groups excluding carboxylic acids is 1. The number of halogens is 1. The molecular formula is C14H21FN2O. The summed E-state index contributed by atoms with van der Waals surface area (Å²) < 4.78 is 13.0. The van der Waals surface area contributed by atoms with E-state index in [9.17, 15) is 9.18 Å². The Labute approximate surface area is 108 Å². The fourth-order valence-electron chi connectivity index (χ4n) is 1.57. The van der Waals surface area contributed by atoms with E-state index in [0.717, 1.165) is 5.56 Å². The normalized spacial score (nSPS) is 10.7. The maximum absolute atomic E-state index is 13.0. The summed E-state index contributed by atoms with van der Waals surface area (Å²) in [5.41, 5.74) is 1.67. The smallest absolute Gasteiger partial charge is 0.233 e. The molecule has 0 spiro atoms. The zero-order valence-electron chi connectivity index (χ0n) is 11.2. The first kappa shape index (κ1) is 14.6. The third-order valence-electron chi connectivity index (χ3n) is 2.63. The van der Waals surface area contributed by atoms with Crippen molar-refractivity contribution in [2.45, 2.75) is 33.2 Å². The van der Waals surface area contributed by atoms with Gasteiger partial charge in [-0.3, -0.25) is 4.79 Å². The summed E-state index contributed by atoms with van der Waals surface area (Å²) in [6.07, 6.45) is 0.717. The van der Waals surface area contributed by atoms with Crippen LogP contribution in [0.3, 0.4) is 0 Å². The summed E-state index contributed by atoms with van der Waals surface area (Å²) in [5, 5.41) is 5.87. The third kappa shape index (κ3) is 5.27. The Bertz CT molecular complexity index is 405. The van der Waals surface area contributed by atoms with Gasteiger partial charge < -0.3 is 10.6 Å². The Morgan fingerprint density at radius 3 is 2.72 bits per heavy atom. The van der Waals surface area contributed by atoms with Crippen LogP contribution in [0.25, 0.3) is 0 Å². The standard InChI is InChI=1S/C14H21FN2O/c1-10(2)17-9-14(18)16-7-6-12-4-5-13(15)11(3)8-12/h4-5,8,10,17H,6-7,9H2,1-3H3,(H,16,18). The number of hydrogen-bond donors (Lipinski definition) is 2. The molecule has 0 heterocycles. The predicted octanol–water partition coefficient (Wildman–Crippen LogP) is 1.79. The second-order valence-electron chi connectivity index (χ2n) is 4.72. The Morgan fingerprint density at radius 1 is 1.39 bits per heavy atom. The van der Waals surface area contributed by atoms with Crippen molar-refractivity contribution in [2.75, 3.05) is 13.1 Å². The summed E-state index contributed by atoms with van der Waals surface area (Å²) in [6, 6.07) is 5.33. The van der Waals surface area contributed by atoms with Gasteiger partial charge in [-0.1, -0.05) is 26.0 Å². The summed E-state index contributed by atoms with van der Waals surface area (Å²) in [5.74, 6) is -0.202. The van der Waals surface area contributed by atoms with E-state index in [-0.39, 0.29) is 11.7 Å². The first-order valence-electron chi connectivity index (χ1n) is 6.24. The zero-order chi connectivity index (χ0) is 13.5. The van der Waals surface area contributed by atoms with Gasteiger partial charge in [-0.05, 0) is 30.5 Å². The Kier molecular flexibility index (Phi) is 5.78. The molecule has 1 aromatic rings. The first-order valence-corrected chi connectivity index (χ1v) is 6.24. The Morgan fingerprint density at radius 2 is 2.11 bits per heavy atom. The number of benzene rings is 1. The second kappa shape index (κ2) is 7.11. The molecule has 100 valence electrons. The van der Waals surface area contributed by atoms with Crippen LogP contribution in [0, 0.1) is 12.7 Å². The molecule has 4 heteroatoms. The van der Waals surface area contributed by atoms with E-state index < -0.39 is 0 Å². The number of carbonyl (C=O) groups is 1. The largest absolute Gasteiger partial charge is 0.355 e. The van der Waals surface area contributed by atoms with Crippen LogP contribution in [0.4, 0.5) is 4.39 Å². The molecule has 0 unspecified atom stereocenters. The van der Waals surface area contributed by atoms with Crippen LogP contribution < -0.4 is 10.6 Å². The number of amides is 1. The first-order chi connectivity index (χ1) is 8.49. The lowest BCUT2D eigenvalue weighted by atomic mass is 10.1. The molecule has 0 aliphatic heterocycles. The van der Waals surface area contributed by atoms with Crippen molar-refractivity contribution in [3.8, 4) is 0 Å². The fraction of sp³-hybridized carbons (Fsp3) is 0.500. The second-order valence-corrected chi connectivity index (χ2v) is 4.72. The van der Waals surface area contributed by atoms with Gasteiger partial charge in [0.05, 0.1) is 6.54 Å². The maximum Gasteiger partial charge on any atom is 0.233 e. The zero-order valence-corrected chi connectivity index (χ0v) is 11.2. The van der Waals surface area contributed by atoms with E-state index in [1.54, 1.807) is 13.0 Å². The van der Waals surface area contributed by atoms with Crippen LogP contribution in [0.5, 0.6) is 0 Å². The molecular weight excluding hydrogens is 231 g/mol. The molecule has 0 aliphatic carbocycles. The van der Waals surface area contributed by atoms with Gasteiger partial charge in [-0.25, -0.2) is 4.39 Å². The summed E-state index contributed by atoms with van der Waals surface area (Å²) in [7, 11) is 0. The third-order valence-corrected chi connectivity index (χ3v) is 2.63. The van der Waals surface area contributed by atoms with Crippen molar-refractivity contribution in [2.24, 2.45) is 0 Å². The topological polar surface area (TPSA) is 41.1 Å². The molecule has 1 rings (SSSR count). The number of hydrogen-bond acceptors (Lipinski definition) is 2. The molecule has 3 nitrogen and oxygen atoms in total. The minimum absolute atomic E-state index is 0.0115. The molecule has 0 bridgehead atoms. The number of aryl methyl sites for hydroxylation is 1. The fourth-order valence-corrected chi connectivity index (χ4v) is 1.57. The predicted molar refractivity (Wildman–Crippen MR) is 71.0 cm³/mol. The van der Waals surface area contributed by atoms with Gasteiger partial charge in [-0.15, -0.1) is 0 Å². The highest BCUT2D eigenvalue weighted by molar-refractivity contribution is 5.77. The van der Waals surface area contributed by atoms with E-state index >= 15 is 0 Å². The average Bonchev–Trinajstić information content (AvgIpc) is 2.31. The van der Waals surface area contributed by atoms with E-state index in [1.807, 2.05) is 19.9 Å². The highest BCUT2D eigenvalue weighted by Gasteiger charge is 2.03. The van der Waals surface area contributed by atoms with Crippen molar-refractivity contribution in [3.63, 3.8) is 0 Å². The minimum Gasteiger partial charge on any atom is -0.355 e. The van der Waals surface area contributed by atoms with Gasteiger partial charge in [0, 0.05) is 12.6 Å². The van der Waals surface area contributed by atoms with Crippen molar-refractivity contribution < 1.29 is 9.18 Å². The highest BCUT2D eigenvalue weighted by Crippen LogP contribution is 2.09. The molecule has 1 aromatic carbocycles. The van der Waals surface area contributed by atoms with Crippen molar-refractivity contribution in [1.29, 1.82) is 0 Å². The summed E-state index contributed by atoms with van der Waals surface area (Å²) in [4.78, 5) is 11.4. The van der Waals surface area contributed by atoms with E-state index in [1.165, 1.54) is 6.07 Å². The lowest BCUT2D eigenvalue weighted by molar-refractivity contribution is -0.120. The number of nitrogens with one attached hydrogen (secondary N) is 2. The SMILES string of the molecule is Cc1cc(CCNC(=O)CNC(C)C)ccc1F. The van der Waals surface area contributed by atoms with Crippen molar-refractivity contribution in [1.82, 2.24) is 10.6 Å². The average molecular weight is 252 g/mol. The maximum atomic E-state index is 13.0. The molecule has 18 heavy (non-hydrogen) atoms. The van der Waals surface area contributed by atoms with Crippen LogP contribution in [0.2, 0.25) is 0 Å². The van der Waals surface area contributed by atoms with E-state index in [4.69, 9.17) is 0 Å². The van der Waals surface area contributed by atoms with Gasteiger partial charge in [-0.2, -0.15) is 0 Å². The molecule has 0 atom stereocenters. The summed E-state index contributed by atoms with van der Waals surface area (Å²) in [6.45, 7) is 6.64. The number of rotatable bonds is 6. The lowest BCUT2D eigenvalue weighted by Gasteiger charge is -2.09. The Hall–Kier alpha value is -1.42. The van der Waals surface area contributed by atoms with Gasteiger partial charge in [0.15, 0.2) is 0 Å². The quantitative estimate of drug-likeness (QED) is 0.810. The van der Waals surface area contributed by atoms with Crippen molar-refractivity contribution >= 4 is 5.91 Å². The van der Waals surface area contributed by atoms with Gasteiger partial charge in [0.2, 0.25) is 5.91 Å². The molecule has 0 saturated heterocycles. The van der Waals surface area contributed by atoms with Crippen LogP contribution in [-0.4, -0.2) is 25.0 Å². The summed E-state index contributed by atoms with van der Waals surface area (Å²) >= 11 is 0. The monoisotopic (exact) mass is 252 g/mol. The Balaban J connectivity index is 2.28. The molecule has 0 fully saturated rings. The van der Waals surface area contributed by atoms with E-state index in [0.29, 0.717) is 31.1 Å². The minimum atomic E-state index is -0.191. The lowest BCUT2D eigenvalue weighted by Crippen LogP contribution is -2.37. The molecule has 2 N–H and O–H groups in total. The van der Waals surface area contributed by atoms with Gasteiger partial charge in [0.25, 0.3) is 0 Å². The van der Waals surface area contributed by atoms with Crippen LogP contribution in [-0.2, 0) is 11.2 Å². The van der Waals surface area contributed by atoms with Crippen LogP contribution in [0.1, 0.15) is 25.0 Å². The molecule has 0 radical (unpaired) electrons. The highest BCUT2D eigenvalue weighted by atomic mass is 19.1. The van der Waals surface area contributed by atoms with Crippen molar-refractivity contribution in [3.05, 3.63) is 35.1 Å². The van der Waals surface area contributed by atoms with Crippen LogP contribution >= 0.6 is 0 Å². The molecule has 1 amide bonds. The molecule has 0 saturated carbocycles. The van der Waals surface area contributed by atoms with E-state index in [2.05, 4.69) is 10.6 Å².